The lowest BCUT2D eigenvalue weighted by atomic mass is 9.98. The molecule has 4 unspecified atom stereocenters. The topological polar surface area (TPSA) is 221 Å². The molecule has 1 aliphatic heterocycles. The average Bonchev–Trinajstić information content (AvgIpc) is 3.98. The summed E-state index contributed by atoms with van der Waals surface area (Å²) in [6.45, 7) is 10.1. The van der Waals surface area contributed by atoms with Crippen molar-refractivity contribution in [2.24, 2.45) is 5.92 Å². The van der Waals surface area contributed by atoms with E-state index in [1.807, 2.05) is 58.0 Å². The van der Waals surface area contributed by atoms with Crippen LogP contribution in [0, 0.1) is 5.92 Å². The normalized spacial score (nSPS) is 15.6. The fourth-order valence-corrected chi connectivity index (χ4v) is 6.87. The number of aromatic amines is 2. The number of H-pyrrole nitrogens is 2. The number of carbonyl (C=O) groups is 4. The zero-order valence-corrected chi connectivity index (χ0v) is 32.3. The fraction of sp³-hybridized carbons (Fsp3) is 0.436. The highest BCUT2D eigenvalue weighted by Gasteiger charge is 2.37. The zero-order chi connectivity index (χ0) is 40.0. The standard InChI is InChI=1S/C39H51N9O7/c1-8-17-47(36(50)22(4)43-38(52)54-6)23(5)34-41-20-29(45-34)27-16-15-26(31(40)33(27)49)24-11-13-25(14-12-24)28-19-42-35(44-28)30-10-9-18-48(30)37(51)32(21(2)3)46-39(53)55-7/h11-16,19-23,30,32,49H,8-10,17-18,40H2,1-7H3,(H,41,45)(H,42,44)(H,43,52)(H,46,53). The van der Waals surface area contributed by atoms with Crippen molar-refractivity contribution in [3.05, 3.63) is 60.4 Å². The minimum Gasteiger partial charge on any atom is -0.505 e. The first-order valence-electron chi connectivity index (χ1n) is 18.4. The number of ether oxygens (including phenoxy) is 2. The second-order valence-corrected chi connectivity index (χ2v) is 14.0. The van der Waals surface area contributed by atoms with E-state index in [0.29, 0.717) is 48.0 Å². The number of nitrogens with two attached hydrogens (primary N) is 1. The first-order chi connectivity index (χ1) is 26.3. The maximum absolute atomic E-state index is 13.5. The molecule has 0 spiro atoms. The van der Waals surface area contributed by atoms with Crippen LogP contribution >= 0.6 is 0 Å². The van der Waals surface area contributed by atoms with Crippen LogP contribution in [0.1, 0.15) is 77.6 Å². The van der Waals surface area contributed by atoms with E-state index in [-0.39, 0.29) is 35.2 Å². The van der Waals surface area contributed by atoms with E-state index < -0.39 is 30.3 Å². The van der Waals surface area contributed by atoms with Gasteiger partial charge in [0.05, 0.1) is 55.8 Å². The maximum Gasteiger partial charge on any atom is 0.407 e. The highest BCUT2D eigenvalue weighted by Crippen LogP contribution is 2.41. The van der Waals surface area contributed by atoms with Gasteiger partial charge in [0.2, 0.25) is 11.8 Å². The highest BCUT2D eigenvalue weighted by molar-refractivity contribution is 5.88. The Bertz CT molecular complexity index is 1990. The summed E-state index contributed by atoms with van der Waals surface area (Å²) >= 11 is 0. The van der Waals surface area contributed by atoms with Gasteiger partial charge in [-0.3, -0.25) is 9.59 Å². The van der Waals surface area contributed by atoms with Crippen LogP contribution in [0.4, 0.5) is 15.3 Å². The van der Waals surface area contributed by atoms with E-state index in [2.05, 4.69) is 35.3 Å². The molecule has 5 rings (SSSR count). The molecule has 3 heterocycles. The number of rotatable bonds is 13. The molecule has 16 nitrogen and oxygen atoms in total. The van der Waals surface area contributed by atoms with Gasteiger partial charge in [-0.2, -0.15) is 0 Å². The Morgan fingerprint density at radius 1 is 0.927 bits per heavy atom. The third kappa shape index (κ3) is 8.68. The minimum absolute atomic E-state index is 0.114. The molecule has 0 aliphatic carbocycles. The number of nitrogen functional groups attached to an aromatic ring is 1. The number of anilines is 1. The summed E-state index contributed by atoms with van der Waals surface area (Å²) in [7, 11) is 2.51. The van der Waals surface area contributed by atoms with Gasteiger partial charge in [-0.05, 0) is 56.2 Å². The van der Waals surface area contributed by atoms with Crippen LogP contribution in [0.15, 0.2) is 48.8 Å². The summed E-state index contributed by atoms with van der Waals surface area (Å²) in [6.07, 6.45) is 4.23. The minimum atomic E-state index is -0.805. The summed E-state index contributed by atoms with van der Waals surface area (Å²) < 4.78 is 9.38. The van der Waals surface area contributed by atoms with Gasteiger partial charge in [-0.1, -0.05) is 51.1 Å². The number of carbonyl (C=O) groups excluding carboxylic acids is 4. The lowest BCUT2D eigenvalue weighted by Gasteiger charge is -2.30. The van der Waals surface area contributed by atoms with Crippen molar-refractivity contribution in [1.82, 2.24) is 40.4 Å². The number of nitrogens with zero attached hydrogens (tertiary/aromatic N) is 4. The number of hydrogen-bond acceptors (Lipinski definition) is 10. The molecule has 1 fully saturated rings. The summed E-state index contributed by atoms with van der Waals surface area (Å²) in [5.74, 6) is 0.466. The van der Waals surface area contributed by atoms with E-state index in [1.54, 1.807) is 35.2 Å². The number of aromatic nitrogens is 4. The number of methoxy groups -OCH3 is 2. The molecule has 2 aromatic carbocycles. The van der Waals surface area contributed by atoms with Gasteiger partial charge in [-0.25, -0.2) is 19.6 Å². The number of benzene rings is 2. The van der Waals surface area contributed by atoms with Crippen molar-refractivity contribution in [3.63, 3.8) is 0 Å². The molecule has 55 heavy (non-hydrogen) atoms. The van der Waals surface area contributed by atoms with Crippen molar-refractivity contribution in [2.75, 3.05) is 33.0 Å². The van der Waals surface area contributed by atoms with Gasteiger partial charge >= 0.3 is 12.2 Å². The van der Waals surface area contributed by atoms with Crippen LogP contribution in [0.2, 0.25) is 0 Å². The largest absolute Gasteiger partial charge is 0.505 e. The van der Waals surface area contributed by atoms with E-state index in [0.717, 1.165) is 29.7 Å². The van der Waals surface area contributed by atoms with Crippen LogP contribution in [0.5, 0.6) is 5.75 Å². The molecule has 4 amide bonds. The van der Waals surface area contributed by atoms with E-state index in [1.165, 1.54) is 14.2 Å². The zero-order valence-electron chi connectivity index (χ0n) is 32.3. The second-order valence-electron chi connectivity index (χ2n) is 14.0. The molecule has 2 aromatic heterocycles. The first kappa shape index (κ1) is 40.1. The molecule has 0 bridgehead atoms. The number of hydrogen-bond donors (Lipinski definition) is 6. The third-order valence-corrected chi connectivity index (χ3v) is 9.95. The van der Waals surface area contributed by atoms with Crippen molar-refractivity contribution in [2.45, 2.75) is 78.0 Å². The number of imidazole rings is 2. The van der Waals surface area contributed by atoms with Crippen LogP contribution in [-0.2, 0) is 19.1 Å². The Hall–Kier alpha value is -6.06. The Kier molecular flexibility index (Phi) is 12.7. The molecule has 1 aliphatic rings. The van der Waals surface area contributed by atoms with Crippen LogP contribution < -0.4 is 16.4 Å². The monoisotopic (exact) mass is 757 g/mol. The quantitative estimate of drug-likeness (QED) is 0.0742. The molecule has 7 N–H and O–H groups in total. The summed E-state index contributed by atoms with van der Waals surface area (Å²) in [5.41, 5.74) is 10.7. The summed E-state index contributed by atoms with van der Waals surface area (Å²) in [4.78, 5) is 69.6. The van der Waals surface area contributed by atoms with E-state index in [9.17, 15) is 24.3 Å². The van der Waals surface area contributed by atoms with E-state index >= 15 is 0 Å². The molecule has 16 heteroatoms. The van der Waals surface area contributed by atoms with E-state index in [4.69, 9.17) is 10.5 Å². The Morgan fingerprint density at radius 3 is 2.22 bits per heavy atom. The molecule has 4 atom stereocenters. The van der Waals surface area contributed by atoms with Crippen LogP contribution in [-0.4, -0.2) is 98.2 Å². The molecule has 1 saturated heterocycles. The molecule has 0 radical (unpaired) electrons. The van der Waals surface area contributed by atoms with Crippen LogP contribution in [0.25, 0.3) is 33.6 Å². The maximum atomic E-state index is 13.5. The summed E-state index contributed by atoms with van der Waals surface area (Å²) in [5, 5.41) is 16.5. The van der Waals surface area contributed by atoms with Gasteiger partial charge < -0.3 is 50.7 Å². The van der Waals surface area contributed by atoms with Gasteiger partial charge in [-0.15, -0.1) is 0 Å². The molecule has 4 aromatic rings. The second kappa shape index (κ2) is 17.4. The van der Waals surface area contributed by atoms with Gasteiger partial charge in [0.1, 0.15) is 29.5 Å². The number of nitrogens with one attached hydrogen (secondary N) is 4. The number of phenolic OH excluding ortho intramolecular Hbond substituents is 1. The summed E-state index contributed by atoms with van der Waals surface area (Å²) in [6, 6.07) is 9.01. The molecule has 294 valence electrons. The van der Waals surface area contributed by atoms with Crippen molar-refractivity contribution < 1.29 is 33.8 Å². The van der Waals surface area contributed by atoms with Crippen molar-refractivity contribution in [3.8, 4) is 39.4 Å². The Labute approximate surface area is 320 Å². The third-order valence-electron chi connectivity index (χ3n) is 9.95. The SMILES string of the molecule is CCCN(C(=O)C(C)NC(=O)OC)C(C)c1ncc(-c2ccc(-c3ccc(-c4cnc(C5CCCN5C(=O)C(NC(=O)OC)C(C)C)[nH]4)cc3)c(N)c2O)[nH]1. The van der Waals surface area contributed by atoms with Gasteiger partial charge in [0.25, 0.3) is 0 Å². The Morgan fingerprint density at radius 2 is 1.56 bits per heavy atom. The number of likely N-dealkylation sites (tertiary alicyclic amines) is 1. The number of amides is 4. The first-order valence-corrected chi connectivity index (χ1v) is 18.4. The predicted octanol–water partition coefficient (Wildman–Crippen LogP) is 5.51. The smallest absolute Gasteiger partial charge is 0.407 e. The number of phenols is 1. The highest BCUT2D eigenvalue weighted by atomic mass is 16.5. The van der Waals surface area contributed by atoms with Gasteiger partial charge in [0.15, 0.2) is 0 Å². The fourth-order valence-electron chi connectivity index (χ4n) is 6.87. The number of aromatic hydroxyl groups is 1. The van der Waals surface area contributed by atoms with Crippen molar-refractivity contribution >= 4 is 29.7 Å². The van der Waals surface area contributed by atoms with Gasteiger partial charge in [0, 0.05) is 24.2 Å². The molecule has 0 saturated carbocycles. The molecular weight excluding hydrogens is 706 g/mol. The number of alkyl carbamates (subject to hydrolysis) is 2. The lowest BCUT2D eigenvalue weighted by molar-refractivity contribution is -0.136. The van der Waals surface area contributed by atoms with Crippen LogP contribution in [0.3, 0.4) is 0 Å². The Balaban J connectivity index is 1.30. The van der Waals surface area contributed by atoms with Crippen molar-refractivity contribution in [1.29, 1.82) is 0 Å². The average molecular weight is 758 g/mol. The molecular formula is C39H51N9O7. The lowest BCUT2D eigenvalue weighted by Crippen LogP contribution is -2.51. The predicted molar refractivity (Wildman–Crippen MR) is 206 cm³/mol.